The minimum atomic E-state index is -0.220. The Labute approximate surface area is 211 Å². The van der Waals surface area contributed by atoms with E-state index in [0.717, 1.165) is 8.96 Å². The van der Waals surface area contributed by atoms with Gasteiger partial charge < -0.3 is 9.47 Å². The van der Waals surface area contributed by atoms with Crippen molar-refractivity contribution in [1.29, 1.82) is 0 Å². The average Bonchev–Trinajstić information content (AvgIpc) is 3.21. The minimum absolute atomic E-state index is 0.00677. The fourth-order valence-corrected chi connectivity index (χ4v) is 4.50. The number of aromatic nitrogens is 1. The standard InChI is InChI=1S/C20H15Br2Cl4NO3/c1-20(2)11(7-12(21)22)13(20)19(28)29-8-9-3-5-10(6-4-9)30-16-14(23)17(25)27-18(26)15(16)24/h3-7,11,13H,8H2,1-2H3. The molecule has 1 heterocycles. The summed E-state index contributed by atoms with van der Waals surface area (Å²) < 4.78 is 12.0. The van der Waals surface area contributed by atoms with E-state index in [0.29, 0.717) is 5.75 Å². The van der Waals surface area contributed by atoms with E-state index in [4.69, 9.17) is 55.9 Å². The number of benzene rings is 1. The molecule has 2 aromatic rings. The summed E-state index contributed by atoms with van der Waals surface area (Å²) in [5, 5.41) is 0.116. The SMILES string of the molecule is CC1(C)C(C=C(Br)Br)C1C(=O)OCc1ccc(Oc2c(Cl)c(Cl)nc(Cl)c2Cl)cc1. The third-order valence-electron chi connectivity index (χ3n) is 4.95. The highest BCUT2D eigenvalue weighted by Crippen LogP contribution is 2.60. The van der Waals surface area contributed by atoms with Crippen LogP contribution in [0.4, 0.5) is 0 Å². The van der Waals surface area contributed by atoms with Crippen molar-refractivity contribution in [1.82, 2.24) is 4.98 Å². The Morgan fingerprint density at radius 3 is 2.20 bits per heavy atom. The molecule has 0 aliphatic heterocycles. The summed E-state index contributed by atoms with van der Waals surface area (Å²) >= 11 is 30.7. The molecule has 1 fully saturated rings. The molecule has 0 N–H and O–H groups in total. The van der Waals surface area contributed by atoms with E-state index in [-0.39, 0.29) is 55.9 Å². The predicted octanol–water partition coefficient (Wildman–Crippen LogP) is 8.43. The van der Waals surface area contributed by atoms with Crippen LogP contribution in [0, 0.1) is 17.3 Å². The lowest BCUT2D eigenvalue weighted by Gasteiger charge is -2.12. The summed E-state index contributed by atoms with van der Waals surface area (Å²) in [6.07, 6.45) is 1.98. The summed E-state index contributed by atoms with van der Waals surface area (Å²) in [4.78, 5) is 16.3. The molecule has 30 heavy (non-hydrogen) atoms. The highest BCUT2D eigenvalue weighted by atomic mass is 79.9. The first-order valence-corrected chi connectivity index (χ1v) is 11.8. The summed E-state index contributed by atoms with van der Waals surface area (Å²) in [5.41, 5.74) is 0.679. The van der Waals surface area contributed by atoms with Gasteiger partial charge >= 0.3 is 5.97 Å². The third-order valence-corrected chi connectivity index (χ3v) is 6.92. The molecule has 0 saturated heterocycles. The maximum atomic E-state index is 12.5. The van der Waals surface area contributed by atoms with Crippen molar-refractivity contribution in [2.24, 2.45) is 17.3 Å². The Kier molecular flexibility index (Phi) is 7.69. The van der Waals surface area contributed by atoms with Gasteiger partial charge in [-0.15, -0.1) is 0 Å². The first kappa shape index (κ1) is 24.1. The molecular formula is C20H15Br2Cl4NO3. The van der Waals surface area contributed by atoms with Gasteiger partial charge in [-0.25, -0.2) is 4.98 Å². The fraction of sp³-hybridized carbons (Fsp3) is 0.300. The van der Waals surface area contributed by atoms with Crippen LogP contribution in [0.15, 0.2) is 33.7 Å². The Morgan fingerprint density at radius 2 is 1.67 bits per heavy atom. The normalized spacial score (nSPS) is 19.2. The van der Waals surface area contributed by atoms with Gasteiger partial charge in [-0.2, -0.15) is 0 Å². The molecule has 1 aromatic heterocycles. The molecular weight excluding hydrogens is 604 g/mol. The Balaban J connectivity index is 1.62. The van der Waals surface area contributed by atoms with Crippen molar-refractivity contribution in [3.63, 3.8) is 0 Å². The molecule has 10 heteroatoms. The summed E-state index contributed by atoms with van der Waals surface area (Å²) in [7, 11) is 0. The highest BCUT2D eigenvalue weighted by molar-refractivity contribution is 9.28. The second-order valence-corrected chi connectivity index (χ2v) is 11.5. The summed E-state index contributed by atoms with van der Waals surface area (Å²) in [6, 6.07) is 6.96. The van der Waals surface area contributed by atoms with Crippen LogP contribution in [0.25, 0.3) is 0 Å². The number of pyridine rings is 1. The first-order valence-electron chi connectivity index (χ1n) is 8.68. The largest absolute Gasteiger partial charge is 0.461 e. The summed E-state index contributed by atoms with van der Waals surface area (Å²) in [5.74, 6) is 0.319. The lowest BCUT2D eigenvalue weighted by molar-refractivity contribution is -0.147. The number of halogens is 6. The van der Waals surface area contributed by atoms with Gasteiger partial charge in [-0.05, 0) is 60.9 Å². The lowest BCUT2D eigenvalue weighted by Crippen LogP contribution is -2.10. The van der Waals surface area contributed by atoms with E-state index >= 15 is 0 Å². The van der Waals surface area contributed by atoms with Gasteiger partial charge in [0.2, 0.25) is 0 Å². The van der Waals surface area contributed by atoms with E-state index in [2.05, 4.69) is 36.8 Å². The van der Waals surface area contributed by atoms with Crippen LogP contribution in [0.3, 0.4) is 0 Å². The molecule has 0 bridgehead atoms. The van der Waals surface area contributed by atoms with Crippen molar-refractivity contribution < 1.29 is 14.3 Å². The second kappa shape index (κ2) is 9.55. The van der Waals surface area contributed by atoms with Gasteiger partial charge in [0.15, 0.2) is 16.1 Å². The molecule has 0 spiro atoms. The van der Waals surface area contributed by atoms with E-state index in [1.165, 1.54) is 0 Å². The number of carbonyl (C=O) groups is 1. The maximum Gasteiger partial charge on any atom is 0.310 e. The van der Waals surface area contributed by atoms with E-state index in [1.54, 1.807) is 24.3 Å². The highest BCUT2D eigenvalue weighted by Gasteiger charge is 2.61. The number of nitrogens with zero attached hydrogens (tertiary/aromatic N) is 1. The van der Waals surface area contributed by atoms with Gasteiger partial charge in [0.05, 0.1) is 9.31 Å². The fourth-order valence-electron chi connectivity index (χ4n) is 3.15. The van der Waals surface area contributed by atoms with E-state index < -0.39 is 0 Å². The summed E-state index contributed by atoms with van der Waals surface area (Å²) in [6.45, 7) is 4.25. The van der Waals surface area contributed by atoms with Gasteiger partial charge in [-0.1, -0.05) is 78.5 Å². The molecule has 1 aliphatic rings. The number of carbonyl (C=O) groups excluding carboxylic acids is 1. The van der Waals surface area contributed by atoms with Crippen molar-refractivity contribution >= 4 is 84.2 Å². The maximum absolute atomic E-state index is 12.5. The average molecular weight is 619 g/mol. The van der Waals surface area contributed by atoms with Crippen LogP contribution in [0.1, 0.15) is 19.4 Å². The molecule has 2 atom stereocenters. The monoisotopic (exact) mass is 615 g/mol. The number of esters is 1. The molecule has 1 saturated carbocycles. The topological polar surface area (TPSA) is 48.4 Å². The van der Waals surface area contributed by atoms with Crippen molar-refractivity contribution in [2.75, 3.05) is 0 Å². The van der Waals surface area contributed by atoms with Gasteiger partial charge in [-0.3, -0.25) is 4.79 Å². The van der Waals surface area contributed by atoms with Crippen LogP contribution < -0.4 is 4.74 Å². The lowest BCUT2D eigenvalue weighted by atomic mass is 10.1. The van der Waals surface area contributed by atoms with Crippen LogP contribution in [0.5, 0.6) is 11.5 Å². The van der Waals surface area contributed by atoms with Crippen LogP contribution in [-0.2, 0) is 16.1 Å². The molecule has 3 rings (SSSR count). The molecule has 1 aliphatic carbocycles. The second-order valence-electron chi connectivity index (χ2n) is 7.29. The van der Waals surface area contributed by atoms with Crippen LogP contribution >= 0.6 is 78.3 Å². The number of hydrogen-bond donors (Lipinski definition) is 0. The zero-order valence-electron chi connectivity index (χ0n) is 15.7. The van der Waals surface area contributed by atoms with Crippen molar-refractivity contribution in [3.05, 3.63) is 59.6 Å². The van der Waals surface area contributed by atoms with Crippen LogP contribution in [0.2, 0.25) is 20.4 Å². The molecule has 0 radical (unpaired) electrons. The van der Waals surface area contributed by atoms with Gasteiger partial charge in [0.25, 0.3) is 0 Å². The molecule has 160 valence electrons. The number of hydrogen-bond acceptors (Lipinski definition) is 4. The third kappa shape index (κ3) is 5.28. The predicted molar refractivity (Wildman–Crippen MR) is 127 cm³/mol. The van der Waals surface area contributed by atoms with E-state index in [1.807, 2.05) is 19.9 Å². The Morgan fingerprint density at radius 1 is 1.10 bits per heavy atom. The Bertz CT molecular complexity index is 982. The van der Waals surface area contributed by atoms with E-state index in [9.17, 15) is 4.79 Å². The van der Waals surface area contributed by atoms with Crippen LogP contribution in [-0.4, -0.2) is 11.0 Å². The van der Waals surface area contributed by atoms with Gasteiger partial charge in [0, 0.05) is 0 Å². The molecule has 4 nitrogen and oxygen atoms in total. The molecule has 0 amide bonds. The quantitative estimate of drug-likeness (QED) is 0.241. The molecule has 2 unspecified atom stereocenters. The Hall–Kier alpha value is -0.500. The first-order chi connectivity index (χ1) is 14.0. The van der Waals surface area contributed by atoms with Gasteiger partial charge in [0.1, 0.15) is 22.4 Å². The van der Waals surface area contributed by atoms with Crippen molar-refractivity contribution in [3.8, 4) is 11.5 Å². The smallest absolute Gasteiger partial charge is 0.310 e. The molecule has 1 aromatic carbocycles. The minimum Gasteiger partial charge on any atom is -0.461 e. The van der Waals surface area contributed by atoms with Crippen molar-refractivity contribution in [2.45, 2.75) is 20.5 Å². The zero-order chi connectivity index (χ0) is 22.2. The zero-order valence-corrected chi connectivity index (χ0v) is 21.9. The number of ether oxygens (including phenoxy) is 2. The number of rotatable bonds is 6. The number of allylic oxidation sites excluding steroid dienone is 1.